The summed E-state index contributed by atoms with van der Waals surface area (Å²) in [6.45, 7) is 0.290. The van der Waals surface area contributed by atoms with Crippen molar-refractivity contribution in [1.29, 1.82) is 5.26 Å². The first-order valence-electron chi connectivity index (χ1n) is 4.51. The number of hydrogen-bond donors (Lipinski definition) is 0. The highest BCUT2D eigenvalue weighted by Crippen LogP contribution is 2.25. The molecule has 0 aliphatic rings. The second kappa shape index (κ2) is 4.69. The number of aromatic nitrogens is 1. The molecule has 0 amide bonds. The molecule has 16 heavy (non-hydrogen) atoms. The van der Waals surface area contributed by atoms with Gasteiger partial charge in [0.2, 0.25) is 0 Å². The summed E-state index contributed by atoms with van der Waals surface area (Å²) in [5.41, 5.74) is 1.13. The van der Waals surface area contributed by atoms with Gasteiger partial charge in [-0.05, 0) is 12.1 Å². The van der Waals surface area contributed by atoms with Gasteiger partial charge < -0.3 is 9.26 Å². The van der Waals surface area contributed by atoms with Gasteiger partial charge in [-0.3, -0.25) is 0 Å². The molecule has 2 rings (SSSR count). The predicted octanol–water partition coefficient (Wildman–Crippen LogP) is 2.78. The van der Waals surface area contributed by atoms with Crippen LogP contribution in [0.15, 0.2) is 35.2 Å². The lowest BCUT2D eigenvalue weighted by Gasteiger charge is -2.06. The minimum absolute atomic E-state index is 0.290. The number of benzene rings is 1. The first-order chi connectivity index (χ1) is 7.81. The quantitative estimate of drug-likeness (QED) is 0.819. The van der Waals surface area contributed by atoms with Gasteiger partial charge in [0.25, 0.3) is 0 Å². The van der Waals surface area contributed by atoms with Crippen LogP contribution in [0.3, 0.4) is 0 Å². The summed E-state index contributed by atoms with van der Waals surface area (Å²) in [7, 11) is 0. The molecule has 0 unspecified atom stereocenters. The number of rotatable bonds is 3. The van der Waals surface area contributed by atoms with E-state index < -0.39 is 0 Å². The first-order valence-corrected chi connectivity index (χ1v) is 4.88. The standard InChI is InChI=1S/C11H7ClN2O2/c12-10-2-1-3-11(9(10)4-13)15-6-8-5-14-16-7-8/h1-3,5,7H,6H2. The topological polar surface area (TPSA) is 59.0 Å². The van der Waals surface area contributed by atoms with E-state index in [-0.39, 0.29) is 0 Å². The third-order valence-corrected chi connectivity index (χ3v) is 2.28. The fourth-order valence-electron chi connectivity index (χ4n) is 1.19. The van der Waals surface area contributed by atoms with Crippen molar-refractivity contribution in [2.45, 2.75) is 6.61 Å². The Hall–Kier alpha value is -1.99. The molecular formula is C11H7ClN2O2. The SMILES string of the molecule is N#Cc1c(Cl)cccc1OCc1cnoc1. The van der Waals surface area contributed by atoms with Gasteiger partial charge in [0, 0.05) is 5.56 Å². The van der Waals surface area contributed by atoms with Crippen molar-refractivity contribution in [3.63, 3.8) is 0 Å². The minimum atomic E-state index is 0.290. The van der Waals surface area contributed by atoms with E-state index in [4.69, 9.17) is 21.6 Å². The van der Waals surface area contributed by atoms with Crippen molar-refractivity contribution in [3.05, 3.63) is 46.8 Å². The largest absolute Gasteiger partial charge is 0.487 e. The molecule has 0 aliphatic carbocycles. The van der Waals surface area contributed by atoms with Crippen molar-refractivity contribution >= 4 is 11.6 Å². The molecule has 2 aromatic rings. The second-order valence-corrected chi connectivity index (χ2v) is 3.45. The third kappa shape index (κ3) is 2.15. The molecule has 80 valence electrons. The summed E-state index contributed by atoms with van der Waals surface area (Å²) in [5.74, 6) is 0.455. The second-order valence-electron chi connectivity index (χ2n) is 3.05. The maximum atomic E-state index is 8.91. The molecule has 4 nitrogen and oxygen atoms in total. The summed E-state index contributed by atoms with van der Waals surface area (Å²) in [6, 6.07) is 7.06. The van der Waals surface area contributed by atoms with Crippen molar-refractivity contribution in [1.82, 2.24) is 5.16 Å². The Labute approximate surface area is 97.0 Å². The minimum Gasteiger partial charge on any atom is -0.487 e. The van der Waals surface area contributed by atoms with Gasteiger partial charge in [-0.1, -0.05) is 22.8 Å². The summed E-state index contributed by atoms with van der Waals surface area (Å²) in [6.07, 6.45) is 3.03. The van der Waals surface area contributed by atoms with E-state index >= 15 is 0 Å². The van der Waals surface area contributed by atoms with E-state index in [2.05, 4.69) is 9.68 Å². The van der Waals surface area contributed by atoms with Crippen LogP contribution in [0.5, 0.6) is 5.75 Å². The Morgan fingerprint density at radius 3 is 3.06 bits per heavy atom. The molecule has 0 N–H and O–H groups in total. The Bertz CT molecular complexity index is 517. The highest BCUT2D eigenvalue weighted by atomic mass is 35.5. The molecule has 0 aliphatic heterocycles. The highest BCUT2D eigenvalue weighted by molar-refractivity contribution is 6.31. The van der Waals surface area contributed by atoms with E-state index in [0.29, 0.717) is 22.9 Å². The van der Waals surface area contributed by atoms with E-state index in [1.807, 2.05) is 6.07 Å². The Balaban J connectivity index is 2.16. The van der Waals surface area contributed by atoms with Gasteiger partial charge in [-0.2, -0.15) is 5.26 Å². The summed E-state index contributed by atoms with van der Waals surface area (Å²) < 4.78 is 10.1. The number of nitrogens with zero attached hydrogens (tertiary/aromatic N) is 2. The summed E-state index contributed by atoms with van der Waals surface area (Å²) in [4.78, 5) is 0. The number of ether oxygens (including phenoxy) is 1. The van der Waals surface area contributed by atoms with Crippen LogP contribution >= 0.6 is 11.6 Å². The molecule has 0 atom stereocenters. The van der Waals surface area contributed by atoms with Gasteiger partial charge in [0.05, 0.1) is 11.2 Å². The Kier molecular flexibility index (Phi) is 3.08. The molecule has 0 saturated heterocycles. The lowest BCUT2D eigenvalue weighted by Crippen LogP contribution is -1.96. The summed E-state index contributed by atoms with van der Waals surface area (Å²) in [5, 5.41) is 12.8. The van der Waals surface area contributed by atoms with E-state index in [0.717, 1.165) is 5.56 Å². The molecule has 0 fully saturated rings. The van der Waals surface area contributed by atoms with Gasteiger partial charge in [0.15, 0.2) is 0 Å². The molecule has 0 bridgehead atoms. The van der Waals surface area contributed by atoms with Crippen LogP contribution < -0.4 is 4.74 Å². The van der Waals surface area contributed by atoms with Crippen LogP contribution in [-0.2, 0) is 6.61 Å². The van der Waals surface area contributed by atoms with Crippen LogP contribution in [0.25, 0.3) is 0 Å². The lowest BCUT2D eigenvalue weighted by molar-refractivity contribution is 0.303. The van der Waals surface area contributed by atoms with E-state index in [1.54, 1.807) is 24.4 Å². The average Bonchev–Trinajstić information content (AvgIpc) is 2.79. The maximum absolute atomic E-state index is 8.91. The van der Waals surface area contributed by atoms with Crippen LogP contribution in [0.2, 0.25) is 5.02 Å². The smallest absolute Gasteiger partial charge is 0.139 e. The molecule has 1 aromatic heterocycles. The average molecular weight is 235 g/mol. The third-order valence-electron chi connectivity index (χ3n) is 1.96. The van der Waals surface area contributed by atoms with Crippen molar-refractivity contribution in [2.24, 2.45) is 0 Å². The van der Waals surface area contributed by atoms with Crippen molar-refractivity contribution in [2.75, 3.05) is 0 Å². The monoisotopic (exact) mass is 234 g/mol. The van der Waals surface area contributed by atoms with Gasteiger partial charge >= 0.3 is 0 Å². The Morgan fingerprint density at radius 1 is 1.50 bits per heavy atom. The van der Waals surface area contributed by atoms with Gasteiger partial charge in [-0.15, -0.1) is 0 Å². The zero-order chi connectivity index (χ0) is 11.4. The molecule has 0 radical (unpaired) electrons. The predicted molar refractivity (Wildman–Crippen MR) is 57.0 cm³/mol. The number of halogens is 1. The normalized spacial score (nSPS) is 9.75. The molecule has 5 heteroatoms. The molecule has 0 saturated carbocycles. The fraction of sp³-hybridized carbons (Fsp3) is 0.0909. The molecule has 1 aromatic carbocycles. The van der Waals surface area contributed by atoms with Crippen LogP contribution in [-0.4, -0.2) is 5.16 Å². The molecular weight excluding hydrogens is 228 g/mol. The van der Waals surface area contributed by atoms with Crippen LogP contribution in [0.1, 0.15) is 11.1 Å². The fourth-order valence-corrected chi connectivity index (χ4v) is 1.40. The maximum Gasteiger partial charge on any atom is 0.139 e. The highest BCUT2D eigenvalue weighted by Gasteiger charge is 2.07. The van der Waals surface area contributed by atoms with E-state index in [1.165, 1.54) is 6.26 Å². The van der Waals surface area contributed by atoms with Gasteiger partial charge in [0.1, 0.15) is 30.3 Å². The number of hydrogen-bond acceptors (Lipinski definition) is 4. The first kappa shape index (κ1) is 10.5. The van der Waals surface area contributed by atoms with Crippen LogP contribution in [0.4, 0.5) is 0 Å². The van der Waals surface area contributed by atoms with Crippen LogP contribution in [0, 0.1) is 11.3 Å². The zero-order valence-electron chi connectivity index (χ0n) is 8.18. The van der Waals surface area contributed by atoms with Gasteiger partial charge in [-0.25, -0.2) is 0 Å². The van der Waals surface area contributed by atoms with Crippen molar-refractivity contribution in [3.8, 4) is 11.8 Å². The zero-order valence-corrected chi connectivity index (χ0v) is 8.94. The summed E-state index contributed by atoms with van der Waals surface area (Å²) >= 11 is 5.86. The van der Waals surface area contributed by atoms with E-state index in [9.17, 15) is 0 Å². The molecule has 1 heterocycles. The molecule has 0 spiro atoms. The lowest BCUT2D eigenvalue weighted by atomic mass is 10.2. The van der Waals surface area contributed by atoms with Crippen molar-refractivity contribution < 1.29 is 9.26 Å². The Morgan fingerprint density at radius 2 is 2.38 bits per heavy atom. The number of nitriles is 1.